The lowest BCUT2D eigenvalue weighted by atomic mass is 9.95. The summed E-state index contributed by atoms with van der Waals surface area (Å²) in [7, 11) is 0. The second kappa shape index (κ2) is 12.5. The second-order valence-electron chi connectivity index (χ2n) is 13.6. The number of nitrogens with one attached hydrogen (secondary N) is 1. The highest BCUT2D eigenvalue weighted by Gasteiger charge is 2.44. The molecule has 0 bridgehead atoms. The third-order valence-corrected chi connectivity index (χ3v) is 9.21. The molecule has 46 heavy (non-hydrogen) atoms. The van der Waals surface area contributed by atoms with Crippen molar-refractivity contribution < 1.29 is 33.1 Å². The van der Waals surface area contributed by atoms with Crippen molar-refractivity contribution in [1.29, 1.82) is 0 Å². The number of carbonyl (C=O) groups excluding carboxylic acids is 5. The summed E-state index contributed by atoms with van der Waals surface area (Å²) in [5.41, 5.74) is 1.50. The van der Waals surface area contributed by atoms with E-state index >= 15 is 0 Å². The Kier molecular flexibility index (Phi) is 8.58. The lowest BCUT2D eigenvalue weighted by Crippen LogP contribution is -2.54. The third kappa shape index (κ3) is 6.48. The molecule has 0 radical (unpaired) electrons. The molecular weight excluding hydrogens is 593 g/mol. The van der Waals surface area contributed by atoms with Crippen LogP contribution in [0.4, 0.5) is 15.8 Å². The van der Waals surface area contributed by atoms with Gasteiger partial charge in [-0.1, -0.05) is 0 Å². The molecule has 1 N–H and O–H groups in total. The van der Waals surface area contributed by atoms with Crippen molar-refractivity contribution in [3.63, 3.8) is 0 Å². The lowest BCUT2D eigenvalue weighted by molar-refractivity contribution is -0.136. The molecular formula is C34H40FN5O6. The van der Waals surface area contributed by atoms with Crippen molar-refractivity contribution in [2.45, 2.75) is 58.1 Å². The van der Waals surface area contributed by atoms with E-state index < -0.39 is 47.1 Å². The number of imide groups is 2. The maximum atomic E-state index is 15.0. The number of benzene rings is 2. The number of piperidine rings is 2. The SMILES string of the molecule is CC(C)(C)OC(=O)c1ccc(N2CCC(CN3CCN(c4ccc5c(c4)C(=O)N(C4CCC(=O)NC4=O)C5=O)CC3)CC2)c(F)c1. The highest BCUT2D eigenvalue weighted by atomic mass is 19.1. The highest BCUT2D eigenvalue weighted by molar-refractivity contribution is 6.23. The van der Waals surface area contributed by atoms with Gasteiger partial charge < -0.3 is 14.5 Å². The molecule has 1 atom stereocenters. The lowest BCUT2D eigenvalue weighted by Gasteiger charge is -2.40. The van der Waals surface area contributed by atoms with Crippen LogP contribution in [0.2, 0.25) is 0 Å². The quantitative estimate of drug-likeness (QED) is 0.378. The maximum absolute atomic E-state index is 15.0. The maximum Gasteiger partial charge on any atom is 0.338 e. The zero-order chi connectivity index (χ0) is 32.7. The Morgan fingerprint density at radius 1 is 0.870 bits per heavy atom. The van der Waals surface area contributed by atoms with Crippen LogP contribution in [0.25, 0.3) is 0 Å². The summed E-state index contributed by atoms with van der Waals surface area (Å²) in [6, 6.07) is 8.83. The average Bonchev–Trinajstić information content (AvgIpc) is 3.26. The number of piperazine rings is 1. The Labute approximate surface area is 267 Å². The molecule has 0 spiro atoms. The molecule has 12 heteroatoms. The molecule has 6 rings (SSSR count). The standard InChI is InChI=1S/C34H40FN5O6/c1-34(2,3)46-33(45)22-4-7-27(26(35)18-22)39-12-10-21(11-13-39)20-37-14-16-38(17-15-37)23-5-6-24-25(19-23)32(44)40(31(24)43)28-8-9-29(41)36-30(28)42/h4-7,18-19,21,28H,8-17,20H2,1-3H3,(H,36,41,42). The molecule has 11 nitrogen and oxygen atoms in total. The molecule has 4 amide bonds. The van der Waals surface area contributed by atoms with Gasteiger partial charge in [0.25, 0.3) is 11.8 Å². The number of esters is 1. The van der Waals surface area contributed by atoms with Crippen LogP contribution in [-0.2, 0) is 14.3 Å². The predicted molar refractivity (Wildman–Crippen MR) is 168 cm³/mol. The number of hydrogen-bond donors (Lipinski definition) is 1. The fraction of sp³-hybridized carbons (Fsp3) is 0.500. The van der Waals surface area contributed by atoms with E-state index in [0.717, 1.165) is 69.2 Å². The number of ether oxygens (including phenoxy) is 1. The largest absolute Gasteiger partial charge is 0.456 e. The van der Waals surface area contributed by atoms with Crippen LogP contribution in [0.1, 0.15) is 77.5 Å². The number of rotatable bonds is 6. The molecule has 244 valence electrons. The molecule has 0 aromatic heterocycles. The minimum Gasteiger partial charge on any atom is -0.456 e. The van der Waals surface area contributed by atoms with Gasteiger partial charge in [-0.2, -0.15) is 0 Å². The number of fused-ring (bicyclic) bond motifs is 1. The Balaban J connectivity index is 0.993. The van der Waals surface area contributed by atoms with Crippen LogP contribution in [0, 0.1) is 11.7 Å². The first-order chi connectivity index (χ1) is 21.9. The molecule has 3 saturated heterocycles. The van der Waals surface area contributed by atoms with Gasteiger partial charge in [-0.3, -0.25) is 34.3 Å². The summed E-state index contributed by atoms with van der Waals surface area (Å²) in [6.07, 6.45) is 2.10. The second-order valence-corrected chi connectivity index (χ2v) is 13.6. The summed E-state index contributed by atoms with van der Waals surface area (Å²) in [5, 5.41) is 2.22. The number of anilines is 2. The van der Waals surface area contributed by atoms with E-state index in [1.165, 1.54) is 6.07 Å². The van der Waals surface area contributed by atoms with E-state index in [1.54, 1.807) is 45.0 Å². The van der Waals surface area contributed by atoms with Crippen LogP contribution in [0.15, 0.2) is 36.4 Å². The van der Waals surface area contributed by atoms with Crippen molar-refractivity contribution in [3.8, 4) is 0 Å². The fourth-order valence-electron chi connectivity index (χ4n) is 6.79. The number of amides is 4. The van der Waals surface area contributed by atoms with Crippen molar-refractivity contribution in [3.05, 3.63) is 58.9 Å². The van der Waals surface area contributed by atoms with Gasteiger partial charge in [0.05, 0.1) is 22.4 Å². The van der Waals surface area contributed by atoms with Crippen molar-refractivity contribution in [2.75, 3.05) is 55.6 Å². The Hall–Kier alpha value is -4.32. The zero-order valence-electron chi connectivity index (χ0n) is 26.5. The molecule has 1 unspecified atom stereocenters. The highest BCUT2D eigenvalue weighted by Crippen LogP contribution is 2.32. The van der Waals surface area contributed by atoms with Gasteiger partial charge in [0.2, 0.25) is 11.8 Å². The molecule has 4 aliphatic heterocycles. The van der Waals surface area contributed by atoms with Gasteiger partial charge in [0.15, 0.2) is 0 Å². The van der Waals surface area contributed by atoms with Crippen LogP contribution < -0.4 is 15.1 Å². The minimum absolute atomic E-state index is 0.0855. The predicted octanol–water partition coefficient (Wildman–Crippen LogP) is 3.22. The summed E-state index contributed by atoms with van der Waals surface area (Å²) in [6.45, 7) is 11.0. The topological polar surface area (TPSA) is 120 Å². The first-order valence-corrected chi connectivity index (χ1v) is 16.0. The number of hydrogen-bond acceptors (Lipinski definition) is 9. The summed E-state index contributed by atoms with van der Waals surface area (Å²) < 4.78 is 20.4. The van der Waals surface area contributed by atoms with E-state index in [4.69, 9.17) is 4.74 Å². The van der Waals surface area contributed by atoms with E-state index in [0.29, 0.717) is 11.6 Å². The van der Waals surface area contributed by atoms with Crippen LogP contribution in [-0.4, -0.2) is 96.9 Å². The van der Waals surface area contributed by atoms with E-state index in [2.05, 4.69) is 15.1 Å². The Bertz CT molecular complexity index is 1570. The van der Waals surface area contributed by atoms with Crippen LogP contribution in [0.5, 0.6) is 0 Å². The molecule has 0 aliphatic carbocycles. The van der Waals surface area contributed by atoms with Crippen molar-refractivity contribution in [2.24, 2.45) is 5.92 Å². The summed E-state index contributed by atoms with van der Waals surface area (Å²) >= 11 is 0. The molecule has 3 fully saturated rings. The molecule has 0 saturated carbocycles. The van der Waals surface area contributed by atoms with Gasteiger partial charge in [-0.15, -0.1) is 0 Å². The van der Waals surface area contributed by atoms with Gasteiger partial charge in [-0.25, -0.2) is 9.18 Å². The molecule has 4 heterocycles. The zero-order valence-corrected chi connectivity index (χ0v) is 26.5. The van der Waals surface area contributed by atoms with Gasteiger partial charge in [0, 0.05) is 57.9 Å². The monoisotopic (exact) mass is 633 g/mol. The fourth-order valence-corrected chi connectivity index (χ4v) is 6.79. The molecule has 2 aromatic carbocycles. The van der Waals surface area contributed by atoms with Crippen molar-refractivity contribution >= 4 is 41.0 Å². The summed E-state index contributed by atoms with van der Waals surface area (Å²) in [4.78, 5) is 70.2. The van der Waals surface area contributed by atoms with Gasteiger partial charge in [-0.05, 0) is 82.3 Å². The number of nitrogens with zero attached hydrogens (tertiary/aromatic N) is 4. The molecule has 4 aliphatic rings. The Morgan fingerprint density at radius 2 is 1.57 bits per heavy atom. The first-order valence-electron chi connectivity index (χ1n) is 16.0. The number of carbonyl (C=O) groups is 5. The van der Waals surface area contributed by atoms with Crippen LogP contribution in [0.3, 0.4) is 0 Å². The summed E-state index contributed by atoms with van der Waals surface area (Å²) in [5.74, 6) is -2.48. The van der Waals surface area contributed by atoms with Crippen molar-refractivity contribution in [1.82, 2.24) is 15.1 Å². The van der Waals surface area contributed by atoms with E-state index in [9.17, 15) is 28.4 Å². The van der Waals surface area contributed by atoms with E-state index in [1.807, 2.05) is 11.0 Å². The average molecular weight is 634 g/mol. The van der Waals surface area contributed by atoms with Crippen LogP contribution >= 0.6 is 0 Å². The Morgan fingerprint density at radius 3 is 2.22 bits per heavy atom. The normalized spacial score (nSPS) is 21.5. The van der Waals surface area contributed by atoms with Gasteiger partial charge >= 0.3 is 5.97 Å². The smallest absolute Gasteiger partial charge is 0.338 e. The first kappa shape index (κ1) is 31.7. The van der Waals surface area contributed by atoms with Gasteiger partial charge in [0.1, 0.15) is 17.5 Å². The number of halogens is 1. The molecule has 2 aromatic rings. The third-order valence-electron chi connectivity index (χ3n) is 9.21. The van der Waals surface area contributed by atoms with E-state index in [-0.39, 0.29) is 29.5 Å². The minimum atomic E-state index is -0.979.